The average molecular weight is 343 g/mol. The number of rotatable bonds is 6. The van der Waals surface area contributed by atoms with Crippen LogP contribution in [0.25, 0.3) is 0 Å². The molecular weight excluding hydrogens is 318 g/mol. The van der Waals surface area contributed by atoms with Crippen LogP contribution in [0.4, 0.5) is 5.69 Å². The van der Waals surface area contributed by atoms with E-state index in [-0.39, 0.29) is 18.4 Å². The van der Waals surface area contributed by atoms with Gasteiger partial charge in [0.1, 0.15) is 5.75 Å². The van der Waals surface area contributed by atoms with Crippen LogP contribution in [-0.4, -0.2) is 36.9 Å². The third-order valence-corrected chi connectivity index (χ3v) is 4.91. The number of nitrogens with zero attached hydrogens (tertiary/aromatic N) is 1. The molecule has 1 N–H and O–H groups in total. The van der Waals surface area contributed by atoms with Gasteiger partial charge in [-0.05, 0) is 37.5 Å². The van der Waals surface area contributed by atoms with Gasteiger partial charge in [0, 0.05) is 26.2 Å². The normalized spacial score (nSPS) is 25.0. The quantitative estimate of drug-likeness (QED) is 0.807. The van der Waals surface area contributed by atoms with E-state index < -0.39 is 5.60 Å². The van der Waals surface area contributed by atoms with Crippen LogP contribution in [0.3, 0.4) is 0 Å². The highest BCUT2D eigenvalue weighted by Gasteiger charge is 2.49. The molecule has 1 unspecified atom stereocenters. The minimum Gasteiger partial charge on any atom is -0.475 e. The van der Waals surface area contributed by atoms with Crippen molar-refractivity contribution in [1.82, 2.24) is 0 Å². The Bertz CT molecular complexity index is 697. The van der Waals surface area contributed by atoms with Crippen molar-refractivity contribution in [2.45, 2.75) is 32.0 Å². The topological polar surface area (TPSA) is 59.0 Å². The van der Waals surface area contributed by atoms with Crippen LogP contribution in [0.1, 0.15) is 25.3 Å². The highest BCUT2D eigenvalue weighted by Crippen LogP contribution is 2.43. The van der Waals surface area contributed by atoms with Gasteiger partial charge in [-0.25, -0.2) is 0 Å². The zero-order chi connectivity index (χ0) is 17.9. The number of allylic oxidation sites excluding steroid dienone is 3. The molecule has 5 heteroatoms. The molecule has 0 bridgehead atoms. The van der Waals surface area contributed by atoms with Crippen LogP contribution in [0.15, 0.2) is 42.5 Å². The highest BCUT2D eigenvalue weighted by molar-refractivity contribution is 6.03. The summed E-state index contributed by atoms with van der Waals surface area (Å²) in [6.07, 6.45) is 9.57. The number of hydrogen-bond donors (Lipinski definition) is 1. The van der Waals surface area contributed by atoms with Crippen molar-refractivity contribution in [1.29, 1.82) is 0 Å². The van der Waals surface area contributed by atoms with Gasteiger partial charge in [-0.15, -0.1) is 0 Å². The Labute approximate surface area is 148 Å². The summed E-state index contributed by atoms with van der Waals surface area (Å²) in [5.74, 6) is 0.622. The van der Waals surface area contributed by atoms with Crippen molar-refractivity contribution >= 4 is 11.6 Å². The van der Waals surface area contributed by atoms with Crippen LogP contribution in [0.2, 0.25) is 0 Å². The Kier molecular flexibility index (Phi) is 5.25. The molecule has 0 saturated carbocycles. The fourth-order valence-electron chi connectivity index (χ4n) is 3.42. The molecule has 1 aliphatic heterocycles. The summed E-state index contributed by atoms with van der Waals surface area (Å²) in [6.45, 7) is 2.94. The lowest BCUT2D eigenvalue weighted by atomic mass is 9.81. The standard InChI is InChI=1S/C20H25NO4/c1-20(16-7-4-3-5-8-16)19(23)21(11-6-12-24-2)17-13-15(14-22)9-10-18(17)25-20/h3-5,7,9-10,13,16,22H,6,8,11-12,14H2,1-2H3/t16?,20-/m0/s1. The van der Waals surface area contributed by atoms with E-state index in [0.717, 1.165) is 24.1 Å². The predicted molar refractivity (Wildman–Crippen MR) is 96.6 cm³/mol. The lowest BCUT2D eigenvalue weighted by molar-refractivity contribution is -0.137. The first-order valence-corrected chi connectivity index (χ1v) is 8.67. The van der Waals surface area contributed by atoms with Gasteiger partial charge in [-0.2, -0.15) is 0 Å². The van der Waals surface area contributed by atoms with Gasteiger partial charge in [0.2, 0.25) is 0 Å². The summed E-state index contributed by atoms with van der Waals surface area (Å²) in [5, 5.41) is 9.43. The number of carbonyl (C=O) groups excluding carboxylic acids is 1. The molecule has 0 aromatic heterocycles. The largest absolute Gasteiger partial charge is 0.475 e. The molecule has 0 spiro atoms. The van der Waals surface area contributed by atoms with Crippen LogP contribution >= 0.6 is 0 Å². The maximum Gasteiger partial charge on any atom is 0.271 e. The van der Waals surface area contributed by atoms with Gasteiger partial charge in [-0.1, -0.05) is 30.4 Å². The summed E-state index contributed by atoms with van der Waals surface area (Å²) in [7, 11) is 1.65. The number of hydrogen-bond acceptors (Lipinski definition) is 4. The van der Waals surface area contributed by atoms with Crippen molar-refractivity contribution in [2.75, 3.05) is 25.2 Å². The lowest BCUT2D eigenvalue weighted by Crippen LogP contribution is -2.58. The molecule has 5 nitrogen and oxygen atoms in total. The summed E-state index contributed by atoms with van der Waals surface area (Å²) in [6, 6.07) is 5.51. The van der Waals surface area contributed by atoms with Crippen LogP contribution in [-0.2, 0) is 16.1 Å². The molecule has 1 aromatic carbocycles. The predicted octanol–water partition coefficient (Wildman–Crippen LogP) is 2.83. The Morgan fingerprint density at radius 3 is 2.92 bits per heavy atom. The van der Waals surface area contributed by atoms with E-state index in [1.807, 2.05) is 43.4 Å². The maximum absolute atomic E-state index is 13.3. The fraction of sp³-hybridized carbons (Fsp3) is 0.450. The van der Waals surface area contributed by atoms with E-state index in [1.165, 1.54) is 0 Å². The van der Waals surface area contributed by atoms with E-state index in [1.54, 1.807) is 12.0 Å². The van der Waals surface area contributed by atoms with Gasteiger partial charge < -0.3 is 19.5 Å². The molecule has 0 saturated heterocycles. The number of carbonyl (C=O) groups is 1. The molecule has 0 fully saturated rings. The van der Waals surface area contributed by atoms with Crippen molar-refractivity contribution in [3.8, 4) is 5.75 Å². The number of ether oxygens (including phenoxy) is 2. The number of aliphatic hydroxyl groups is 1. The molecule has 3 rings (SSSR count). The summed E-state index contributed by atoms with van der Waals surface area (Å²) < 4.78 is 11.4. The first kappa shape index (κ1) is 17.7. The third kappa shape index (κ3) is 3.34. The number of amides is 1. The zero-order valence-corrected chi connectivity index (χ0v) is 14.8. The monoisotopic (exact) mass is 343 g/mol. The van der Waals surface area contributed by atoms with Gasteiger partial charge in [-0.3, -0.25) is 4.79 Å². The second-order valence-corrected chi connectivity index (χ2v) is 6.63. The smallest absolute Gasteiger partial charge is 0.271 e. The molecule has 1 amide bonds. The van der Waals surface area contributed by atoms with Crippen molar-refractivity contribution in [3.63, 3.8) is 0 Å². The molecule has 1 aliphatic carbocycles. The van der Waals surface area contributed by atoms with E-state index in [4.69, 9.17) is 9.47 Å². The Balaban J connectivity index is 1.97. The van der Waals surface area contributed by atoms with Crippen molar-refractivity contribution < 1.29 is 19.4 Å². The summed E-state index contributed by atoms with van der Waals surface area (Å²) in [4.78, 5) is 15.1. The highest BCUT2D eigenvalue weighted by atomic mass is 16.5. The van der Waals surface area contributed by atoms with Crippen molar-refractivity contribution in [3.05, 3.63) is 48.1 Å². The van der Waals surface area contributed by atoms with E-state index in [9.17, 15) is 9.90 Å². The third-order valence-electron chi connectivity index (χ3n) is 4.91. The van der Waals surface area contributed by atoms with Gasteiger partial charge >= 0.3 is 0 Å². The molecule has 2 aliphatic rings. The SMILES string of the molecule is COCCCN1C(=O)[C@](C)(C2C=CC=CC2)Oc2ccc(CO)cc21. The van der Waals surface area contributed by atoms with E-state index >= 15 is 0 Å². The molecular formula is C20H25NO4. The number of benzene rings is 1. The Morgan fingerprint density at radius 2 is 2.24 bits per heavy atom. The van der Waals surface area contributed by atoms with E-state index in [2.05, 4.69) is 6.08 Å². The Hall–Kier alpha value is -2.11. The first-order chi connectivity index (χ1) is 12.1. The average Bonchev–Trinajstić information content (AvgIpc) is 2.65. The zero-order valence-electron chi connectivity index (χ0n) is 14.8. The molecule has 134 valence electrons. The first-order valence-electron chi connectivity index (χ1n) is 8.67. The molecule has 25 heavy (non-hydrogen) atoms. The van der Waals surface area contributed by atoms with E-state index in [0.29, 0.717) is 18.9 Å². The number of methoxy groups -OCH3 is 1. The minimum absolute atomic E-state index is 0.0133. The summed E-state index contributed by atoms with van der Waals surface area (Å²) in [5.41, 5.74) is 0.540. The van der Waals surface area contributed by atoms with Crippen LogP contribution < -0.4 is 9.64 Å². The molecule has 2 atom stereocenters. The minimum atomic E-state index is -0.942. The molecule has 1 heterocycles. The Morgan fingerprint density at radius 1 is 1.40 bits per heavy atom. The van der Waals surface area contributed by atoms with Crippen molar-refractivity contribution in [2.24, 2.45) is 5.92 Å². The maximum atomic E-state index is 13.3. The van der Waals surface area contributed by atoms with Gasteiger partial charge in [0.25, 0.3) is 5.91 Å². The number of aliphatic hydroxyl groups excluding tert-OH is 1. The molecule has 1 aromatic rings. The second-order valence-electron chi connectivity index (χ2n) is 6.63. The van der Waals surface area contributed by atoms with Gasteiger partial charge in [0.15, 0.2) is 5.60 Å². The summed E-state index contributed by atoms with van der Waals surface area (Å²) >= 11 is 0. The van der Waals surface area contributed by atoms with Crippen LogP contribution in [0, 0.1) is 5.92 Å². The lowest BCUT2D eigenvalue weighted by Gasteiger charge is -2.44. The second kappa shape index (κ2) is 7.42. The fourth-order valence-corrected chi connectivity index (χ4v) is 3.42. The number of anilines is 1. The van der Waals surface area contributed by atoms with Crippen LogP contribution in [0.5, 0.6) is 5.75 Å². The number of fused-ring (bicyclic) bond motifs is 1. The van der Waals surface area contributed by atoms with Gasteiger partial charge in [0.05, 0.1) is 12.3 Å². The molecule has 0 radical (unpaired) electrons.